The van der Waals surface area contributed by atoms with Gasteiger partial charge in [-0.2, -0.15) is 13.2 Å². The fourth-order valence-electron chi connectivity index (χ4n) is 4.19. The van der Waals surface area contributed by atoms with Crippen LogP contribution in [0.25, 0.3) is 0 Å². The molecule has 2 aromatic carbocycles. The molecule has 1 atom stereocenters. The summed E-state index contributed by atoms with van der Waals surface area (Å²) in [5, 5.41) is 5.95. The van der Waals surface area contributed by atoms with E-state index in [1.807, 2.05) is 50.2 Å². The predicted octanol–water partition coefficient (Wildman–Crippen LogP) is 8.19. The van der Waals surface area contributed by atoms with E-state index in [9.17, 15) is 18.0 Å². The van der Waals surface area contributed by atoms with E-state index in [0.29, 0.717) is 6.42 Å². The van der Waals surface area contributed by atoms with Gasteiger partial charge in [-0.25, -0.2) is 4.79 Å². The number of anilines is 1. The number of carbonyl (C=O) groups is 1. The average molecular weight is 463 g/mol. The van der Waals surface area contributed by atoms with Gasteiger partial charge in [0.15, 0.2) is 0 Å². The number of para-hydroxylation sites is 1. The van der Waals surface area contributed by atoms with Crippen molar-refractivity contribution in [3.8, 4) is 0 Å². The number of hydrogen-bond acceptors (Lipinski definition) is 1. The standard InChI is InChI=1S/C27H37F3N2O/c1-17(2)22-10-7-11-23(18(3)4)25(22)32-26(33)31-16-21(9-8-14-27(28,29)30)24-15-19(5)12-13-20(24)6/h7,10-13,15,17-18,21H,8-9,14,16H2,1-6H3,(H2,31,32,33). The van der Waals surface area contributed by atoms with Crippen LogP contribution < -0.4 is 10.6 Å². The van der Waals surface area contributed by atoms with E-state index < -0.39 is 12.6 Å². The first kappa shape index (κ1) is 26.7. The van der Waals surface area contributed by atoms with Crippen molar-refractivity contribution < 1.29 is 18.0 Å². The lowest BCUT2D eigenvalue weighted by Gasteiger charge is -2.23. The van der Waals surface area contributed by atoms with Crippen molar-refractivity contribution in [1.82, 2.24) is 5.32 Å². The molecule has 0 aromatic heterocycles. The number of aryl methyl sites for hydroxylation is 2. The Kier molecular flexibility index (Phi) is 9.38. The maximum absolute atomic E-state index is 12.9. The van der Waals surface area contributed by atoms with Crippen LogP contribution in [0.5, 0.6) is 0 Å². The number of carbonyl (C=O) groups excluding carboxylic acids is 1. The molecule has 2 N–H and O–H groups in total. The lowest BCUT2D eigenvalue weighted by atomic mass is 9.89. The molecule has 0 aliphatic carbocycles. The number of alkyl halides is 3. The summed E-state index contributed by atoms with van der Waals surface area (Å²) in [6, 6.07) is 11.7. The summed E-state index contributed by atoms with van der Waals surface area (Å²) in [6.07, 6.45) is -4.62. The molecule has 2 aromatic rings. The summed E-state index contributed by atoms with van der Waals surface area (Å²) < 4.78 is 38.2. The van der Waals surface area contributed by atoms with Gasteiger partial charge in [-0.15, -0.1) is 0 Å². The van der Waals surface area contributed by atoms with E-state index in [4.69, 9.17) is 0 Å². The number of nitrogens with one attached hydrogen (secondary N) is 2. The Morgan fingerprint density at radius 2 is 1.55 bits per heavy atom. The van der Waals surface area contributed by atoms with Crippen molar-refractivity contribution >= 4 is 11.7 Å². The number of amides is 2. The summed E-state index contributed by atoms with van der Waals surface area (Å²) in [4.78, 5) is 12.9. The van der Waals surface area contributed by atoms with Gasteiger partial charge in [0, 0.05) is 24.6 Å². The van der Waals surface area contributed by atoms with Crippen molar-refractivity contribution in [3.63, 3.8) is 0 Å². The SMILES string of the molecule is Cc1ccc(C)c(C(CCCC(F)(F)F)CNC(=O)Nc2c(C(C)C)cccc2C(C)C)c1. The molecule has 2 amide bonds. The van der Waals surface area contributed by atoms with Crippen molar-refractivity contribution in [2.45, 2.75) is 84.7 Å². The van der Waals surface area contributed by atoms with Crippen LogP contribution in [0.1, 0.15) is 92.5 Å². The fraction of sp³-hybridized carbons (Fsp3) is 0.519. The predicted molar refractivity (Wildman–Crippen MR) is 130 cm³/mol. The second-order valence-corrected chi connectivity index (χ2v) is 9.52. The highest BCUT2D eigenvalue weighted by Crippen LogP contribution is 2.33. The molecule has 0 radical (unpaired) electrons. The number of rotatable bonds is 9. The number of benzene rings is 2. The van der Waals surface area contributed by atoms with E-state index in [0.717, 1.165) is 33.5 Å². The van der Waals surface area contributed by atoms with E-state index in [1.165, 1.54) is 0 Å². The van der Waals surface area contributed by atoms with Crippen LogP contribution in [0.4, 0.5) is 23.7 Å². The van der Waals surface area contributed by atoms with Gasteiger partial charge in [-0.1, -0.05) is 69.7 Å². The monoisotopic (exact) mass is 462 g/mol. The van der Waals surface area contributed by atoms with Gasteiger partial charge < -0.3 is 10.6 Å². The van der Waals surface area contributed by atoms with Crippen LogP contribution >= 0.6 is 0 Å². The van der Waals surface area contributed by atoms with E-state index >= 15 is 0 Å². The lowest BCUT2D eigenvalue weighted by Crippen LogP contribution is -2.33. The minimum Gasteiger partial charge on any atom is -0.337 e. The Hall–Kier alpha value is -2.50. The molecule has 0 spiro atoms. The Morgan fingerprint density at radius 3 is 2.09 bits per heavy atom. The number of hydrogen-bond donors (Lipinski definition) is 2. The molecule has 182 valence electrons. The molecule has 0 aliphatic heterocycles. The van der Waals surface area contributed by atoms with Crippen molar-refractivity contribution in [2.24, 2.45) is 0 Å². The highest BCUT2D eigenvalue weighted by molar-refractivity contribution is 5.91. The molecule has 0 saturated carbocycles. The molecule has 0 fully saturated rings. The quantitative estimate of drug-likeness (QED) is 0.387. The van der Waals surface area contributed by atoms with Crippen LogP contribution in [-0.2, 0) is 0 Å². The summed E-state index contributed by atoms with van der Waals surface area (Å²) in [7, 11) is 0. The highest BCUT2D eigenvalue weighted by Gasteiger charge is 2.27. The van der Waals surface area contributed by atoms with Crippen LogP contribution in [0.3, 0.4) is 0 Å². The zero-order valence-electron chi connectivity index (χ0n) is 20.6. The van der Waals surface area contributed by atoms with Gasteiger partial charge in [-0.05, 0) is 60.8 Å². The smallest absolute Gasteiger partial charge is 0.337 e. The van der Waals surface area contributed by atoms with Gasteiger partial charge >= 0.3 is 12.2 Å². The highest BCUT2D eigenvalue weighted by atomic mass is 19.4. The molecular formula is C27H37F3N2O. The molecule has 0 saturated heterocycles. The van der Waals surface area contributed by atoms with Gasteiger partial charge in [0.2, 0.25) is 0 Å². The second kappa shape index (κ2) is 11.6. The average Bonchev–Trinajstić information content (AvgIpc) is 2.71. The molecule has 0 aliphatic rings. The third-order valence-electron chi connectivity index (χ3n) is 6.01. The fourth-order valence-corrected chi connectivity index (χ4v) is 4.19. The zero-order valence-corrected chi connectivity index (χ0v) is 20.6. The van der Waals surface area contributed by atoms with Crippen molar-refractivity contribution in [1.29, 1.82) is 0 Å². The Bertz CT molecular complexity index is 909. The molecule has 33 heavy (non-hydrogen) atoms. The molecular weight excluding hydrogens is 425 g/mol. The maximum atomic E-state index is 12.9. The number of urea groups is 1. The van der Waals surface area contributed by atoms with Gasteiger partial charge in [0.1, 0.15) is 0 Å². The normalized spacial score (nSPS) is 12.8. The first-order chi connectivity index (χ1) is 15.4. The largest absolute Gasteiger partial charge is 0.389 e. The molecule has 2 rings (SSSR count). The van der Waals surface area contributed by atoms with Gasteiger partial charge in [0.05, 0.1) is 0 Å². The third kappa shape index (κ3) is 8.09. The minimum absolute atomic E-state index is 0.0263. The molecule has 0 heterocycles. The first-order valence-electron chi connectivity index (χ1n) is 11.7. The van der Waals surface area contributed by atoms with Crippen molar-refractivity contribution in [2.75, 3.05) is 11.9 Å². The Balaban J connectivity index is 2.18. The molecule has 1 unspecified atom stereocenters. The minimum atomic E-state index is -4.18. The van der Waals surface area contributed by atoms with Gasteiger partial charge in [0.25, 0.3) is 0 Å². The third-order valence-corrected chi connectivity index (χ3v) is 6.01. The van der Waals surface area contributed by atoms with E-state index in [-0.39, 0.29) is 36.8 Å². The van der Waals surface area contributed by atoms with Crippen LogP contribution in [0, 0.1) is 13.8 Å². The van der Waals surface area contributed by atoms with Crippen LogP contribution in [0.2, 0.25) is 0 Å². The van der Waals surface area contributed by atoms with E-state index in [2.05, 4.69) is 38.3 Å². The summed E-state index contributed by atoms with van der Waals surface area (Å²) in [5.41, 5.74) is 6.00. The second-order valence-electron chi connectivity index (χ2n) is 9.52. The molecule has 6 heteroatoms. The van der Waals surface area contributed by atoms with E-state index in [1.54, 1.807) is 0 Å². The summed E-state index contributed by atoms with van der Waals surface area (Å²) >= 11 is 0. The van der Waals surface area contributed by atoms with Crippen LogP contribution in [0.15, 0.2) is 36.4 Å². The zero-order chi connectivity index (χ0) is 24.8. The summed E-state index contributed by atoms with van der Waals surface area (Å²) in [6.45, 7) is 12.5. The Morgan fingerprint density at radius 1 is 0.939 bits per heavy atom. The topological polar surface area (TPSA) is 41.1 Å². The van der Waals surface area contributed by atoms with Crippen molar-refractivity contribution in [3.05, 3.63) is 64.2 Å². The Labute approximate surface area is 196 Å². The maximum Gasteiger partial charge on any atom is 0.389 e. The van der Waals surface area contributed by atoms with Crippen LogP contribution in [-0.4, -0.2) is 18.8 Å². The molecule has 0 bridgehead atoms. The first-order valence-corrected chi connectivity index (χ1v) is 11.7. The number of halogens is 3. The lowest BCUT2D eigenvalue weighted by molar-refractivity contribution is -0.135. The summed E-state index contributed by atoms with van der Waals surface area (Å²) in [5.74, 6) is 0.288. The van der Waals surface area contributed by atoms with Gasteiger partial charge in [-0.3, -0.25) is 0 Å². The molecule has 3 nitrogen and oxygen atoms in total.